The first-order valence-corrected chi connectivity index (χ1v) is 6.08. The second-order valence-corrected chi connectivity index (χ2v) is 4.82. The molecular formula is C12H14BrNO. The van der Waals surface area contributed by atoms with Gasteiger partial charge in [0.15, 0.2) is 0 Å². The zero-order valence-corrected chi connectivity index (χ0v) is 10.1. The monoisotopic (exact) mass is 267 g/mol. The summed E-state index contributed by atoms with van der Waals surface area (Å²) in [6.07, 6.45) is 4.00. The molecule has 0 spiro atoms. The average Bonchev–Trinajstić information content (AvgIpc) is 2.16. The van der Waals surface area contributed by atoms with Crippen LogP contribution in [0.3, 0.4) is 0 Å². The molecule has 0 unspecified atom stereocenters. The Hall–Kier alpha value is -0.830. The maximum atomic E-state index is 11.6. The van der Waals surface area contributed by atoms with E-state index in [1.807, 2.05) is 24.3 Å². The van der Waals surface area contributed by atoms with E-state index in [2.05, 4.69) is 21.2 Å². The third kappa shape index (κ3) is 2.81. The standard InChI is InChI=1S/C12H14BrNO/c13-11-7-2-1-4-9(11)8-12(15)14-10-5-3-6-10/h1-2,4,7,10H,3,5-6,8H2,(H,14,15). The van der Waals surface area contributed by atoms with Gasteiger partial charge in [-0.25, -0.2) is 0 Å². The molecular weight excluding hydrogens is 254 g/mol. The van der Waals surface area contributed by atoms with Crippen LogP contribution in [0.4, 0.5) is 0 Å². The van der Waals surface area contributed by atoms with Crippen molar-refractivity contribution in [2.45, 2.75) is 31.7 Å². The quantitative estimate of drug-likeness (QED) is 0.897. The number of halogens is 1. The Morgan fingerprint density at radius 2 is 2.13 bits per heavy atom. The first-order chi connectivity index (χ1) is 7.25. The van der Waals surface area contributed by atoms with Crippen molar-refractivity contribution in [3.8, 4) is 0 Å². The minimum atomic E-state index is 0.131. The van der Waals surface area contributed by atoms with Crippen molar-refractivity contribution in [2.24, 2.45) is 0 Å². The molecule has 1 N–H and O–H groups in total. The topological polar surface area (TPSA) is 29.1 Å². The van der Waals surface area contributed by atoms with Crippen molar-refractivity contribution in [1.29, 1.82) is 0 Å². The number of amides is 1. The van der Waals surface area contributed by atoms with Crippen LogP contribution in [-0.2, 0) is 11.2 Å². The molecule has 1 aliphatic carbocycles. The molecule has 3 heteroatoms. The molecule has 0 aliphatic heterocycles. The SMILES string of the molecule is O=C(Cc1ccccc1Br)NC1CCC1. The van der Waals surface area contributed by atoms with Gasteiger partial charge in [-0.05, 0) is 30.9 Å². The molecule has 0 heterocycles. The van der Waals surface area contributed by atoms with Crippen molar-refractivity contribution in [3.63, 3.8) is 0 Å². The van der Waals surface area contributed by atoms with E-state index >= 15 is 0 Å². The summed E-state index contributed by atoms with van der Waals surface area (Å²) in [5, 5.41) is 3.03. The van der Waals surface area contributed by atoms with Crippen LogP contribution in [0.5, 0.6) is 0 Å². The van der Waals surface area contributed by atoms with Gasteiger partial charge in [0.2, 0.25) is 5.91 Å². The van der Waals surface area contributed by atoms with E-state index in [0.29, 0.717) is 12.5 Å². The van der Waals surface area contributed by atoms with E-state index in [9.17, 15) is 4.79 Å². The van der Waals surface area contributed by atoms with Gasteiger partial charge in [0.05, 0.1) is 6.42 Å². The van der Waals surface area contributed by atoms with Crippen LogP contribution in [0.15, 0.2) is 28.7 Å². The van der Waals surface area contributed by atoms with E-state index in [1.165, 1.54) is 6.42 Å². The summed E-state index contributed by atoms with van der Waals surface area (Å²) in [6, 6.07) is 8.28. The maximum Gasteiger partial charge on any atom is 0.224 e. The number of nitrogens with one attached hydrogen (secondary N) is 1. The fourth-order valence-corrected chi connectivity index (χ4v) is 2.07. The number of hydrogen-bond donors (Lipinski definition) is 1. The van der Waals surface area contributed by atoms with Crippen LogP contribution in [-0.4, -0.2) is 11.9 Å². The highest BCUT2D eigenvalue weighted by molar-refractivity contribution is 9.10. The Labute approximate surface area is 98.2 Å². The van der Waals surface area contributed by atoms with Gasteiger partial charge in [0, 0.05) is 10.5 Å². The summed E-state index contributed by atoms with van der Waals surface area (Å²) in [7, 11) is 0. The predicted octanol–water partition coefficient (Wildman–Crippen LogP) is 2.66. The van der Waals surface area contributed by atoms with Crippen LogP contribution in [0, 0.1) is 0 Å². The summed E-state index contributed by atoms with van der Waals surface area (Å²) in [6.45, 7) is 0. The van der Waals surface area contributed by atoms with Gasteiger partial charge in [0.25, 0.3) is 0 Å². The minimum absolute atomic E-state index is 0.131. The van der Waals surface area contributed by atoms with Crippen molar-refractivity contribution >= 4 is 21.8 Å². The predicted molar refractivity (Wildman–Crippen MR) is 63.6 cm³/mol. The third-order valence-electron chi connectivity index (χ3n) is 2.78. The van der Waals surface area contributed by atoms with E-state index in [1.54, 1.807) is 0 Å². The highest BCUT2D eigenvalue weighted by atomic mass is 79.9. The van der Waals surface area contributed by atoms with Gasteiger partial charge < -0.3 is 5.32 Å². The molecule has 1 aliphatic rings. The lowest BCUT2D eigenvalue weighted by molar-refractivity contribution is -0.121. The van der Waals surface area contributed by atoms with Crippen molar-refractivity contribution in [2.75, 3.05) is 0 Å². The summed E-state index contributed by atoms with van der Waals surface area (Å²) in [5.74, 6) is 0.131. The molecule has 2 nitrogen and oxygen atoms in total. The molecule has 80 valence electrons. The van der Waals surface area contributed by atoms with Gasteiger partial charge >= 0.3 is 0 Å². The van der Waals surface area contributed by atoms with E-state index in [0.717, 1.165) is 22.9 Å². The summed E-state index contributed by atoms with van der Waals surface area (Å²) in [4.78, 5) is 11.6. The second kappa shape index (κ2) is 4.79. The van der Waals surface area contributed by atoms with E-state index in [4.69, 9.17) is 0 Å². The van der Waals surface area contributed by atoms with Crippen molar-refractivity contribution < 1.29 is 4.79 Å². The molecule has 1 saturated carbocycles. The molecule has 15 heavy (non-hydrogen) atoms. The van der Waals surface area contributed by atoms with Crippen molar-refractivity contribution in [1.82, 2.24) is 5.32 Å². The number of rotatable bonds is 3. The lowest BCUT2D eigenvalue weighted by atomic mass is 9.93. The maximum absolute atomic E-state index is 11.6. The van der Waals surface area contributed by atoms with E-state index < -0.39 is 0 Å². The normalized spacial score (nSPS) is 15.8. The highest BCUT2D eigenvalue weighted by Crippen LogP contribution is 2.19. The molecule has 0 aromatic heterocycles. The van der Waals surface area contributed by atoms with Gasteiger partial charge in [-0.15, -0.1) is 0 Å². The summed E-state index contributed by atoms with van der Waals surface area (Å²) in [5.41, 5.74) is 1.05. The average molecular weight is 268 g/mol. The largest absolute Gasteiger partial charge is 0.353 e. The van der Waals surface area contributed by atoms with Crippen LogP contribution in [0.1, 0.15) is 24.8 Å². The summed E-state index contributed by atoms with van der Waals surface area (Å²) >= 11 is 3.44. The molecule has 0 atom stereocenters. The molecule has 0 saturated heterocycles. The molecule has 0 bridgehead atoms. The Morgan fingerprint density at radius 3 is 2.73 bits per heavy atom. The first kappa shape index (κ1) is 10.7. The molecule has 1 aromatic rings. The lowest BCUT2D eigenvalue weighted by Crippen LogP contribution is -2.40. The number of benzene rings is 1. The minimum Gasteiger partial charge on any atom is -0.353 e. The van der Waals surface area contributed by atoms with Crippen molar-refractivity contribution in [3.05, 3.63) is 34.3 Å². The van der Waals surface area contributed by atoms with E-state index in [-0.39, 0.29) is 5.91 Å². The fraction of sp³-hybridized carbons (Fsp3) is 0.417. The van der Waals surface area contributed by atoms with Crippen LogP contribution in [0.25, 0.3) is 0 Å². The van der Waals surface area contributed by atoms with Gasteiger partial charge in [-0.1, -0.05) is 34.1 Å². The molecule has 2 rings (SSSR count). The van der Waals surface area contributed by atoms with Crippen LogP contribution >= 0.6 is 15.9 Å². The fourth-order valence-electron chi connectivity index (χ4n) is 1.65. The number of hydrogen-bond acceptors (Lipinski definition) is 1. The Morgan fingerprint density at radius 1 is 1.40 bits per heavy atom. The number of carbonyl (C=O) groups excluding carboxylic acids is 1. The van der Waals surface area contributed by atoms with Gasteiger partial charge in [-0.2, -0.15) is 0 Å². The van der Waals surface area contributed by atoms with Gasteiger partial charge in [-0.3, -0.25) is 4.79 Å². The molecule has 1 amide bonds. The highest BCUT2D eigenvalue weighted by Gasteiger charge is 2.19. The van der Waals surface area contributed by atoms with Crippen LogP contribution < -0.4 is 5.32 Å². The molecule has 0 radical (unpaired) electrons. The number of carbonyl (C=O) groups is 1. The Bertz CT molecular complexity index is 360. The Kier molecular flexibility index (Phi) is 3.41. The lowest BCUT2D eigenvalue weighted by Gasteiger charge is -2.26. The third-order valence-corrected chi connectivity index (χ3v) is 3.55. The van der Waals surface area contributed by atoms with Crippen LogP contribution in [0.2, 0.25) is 0 Å². The zero-order valence-electron chi connectivity index (χ0n) is 8.50. The molecule has 1 fully saturated rings. The van der Waals surface area contributed by atoms with Gasteiger partial charge in [0.1, 0.15) is 0 Å². The second-order valence-electron chi connectivity index (χ2n) is 3.96. The first-order valence-electron chi connectivity index (χ1n) is 5.28. The smallest absolute Gasteiger partial charge is 0.224 e. The Balaban J connectivity index is 1.90. The summed E-state index contributed by atoms with van der Waals surface area (Å²) < 4.78 is 1.01. The molecule has 1 aromatic carbocycles. The zero-order chi connectivity index (χ0) is 10.7.